The van der Waals surface area contributed by atoms with Gasteiger partial charge in [-0.3, -0.25) is 4.79 Å². The number of fused-ring (bicyclic) bond motifs is 1. The summed E-state index contributed by atoms with van der Waals surface area (Å²) in [7, 11) is 1.66. The van der Waals surface area contributed by atoms with Crippen molar-refractivity contribution in [1.29, 1.82) is 0 Å². The van der Waals surface area contributed by atoms with Crippen LogP contribution in [0, 0.1) is 18.8 Å². The number of hydrogen-bond donors (Lipinski definition) is 0. The van der Waals surface area contributed by atoms with Crippen molar-refractivity contribution >= 4 is 29.1 Å². The smallest absolute Gasteiger partial charge is 0.416 e. The van der Waals surface area contributed by atoms with Crippen LogP contribution in [-0.4, -0.2) is 51.4 Å². The molecule has 12 heteroatoms. The first-order valence-corrected chi connectivity index (χ1v) is 15.0. The number of anilines is 2. The van der Waals surface area contributed by atoms with Gasteiger partial charge in [0.25, 0.3) is 12.4 Å². The number of hydrogen-bond acceptors (Lipinski definition) is 8. The van der Waals surface area contributed by atoms with Crippen LogP contribution in [0.3, 0.4) is 0 Å². The normalized spacial score (nSPS) is 17.0. The summed E-state index contributed by atoms with van der Waals surface area (Å²) >= 11 is 0. The van der Waals surface area contributed by atoms with E-state index in [1.807, 2.05) is 29.2 Å². The van der Waals surface area contributed by atoms with Gasteiger partial charge in [0.05, 0.1) is 24.7 Å². The highest BCUT2D eigenvalue weighted by atomic mass is 19.4. The van der Waals surface area contributed by atoms with Gasteiger partial charge in [-0.15, -0.1) is 5.10 Å². The maximum Gasteiger partial charge on any atom is 0.416 e. The average Bonchev–Trinajstić information content (AvgIpc) is 3.44. The summed E-state index contributed by atoms with van der Waals surface area (Å²) in [6, 6.07) is 14.1. The number of tetrazole rings is 1. The Kier molecular flexibility index (Phi) is 9.65. The average molecular weight is 610 g/mol. The molecule has 0 atom stereocenters. The van der Waals surface area contributed by atoms with Gasteiger partial charge in [0.15, 0.2) is 0 Å². The molecular weight excluding hydrogens is 571 g/mol. The monoisotopic (exact) mass is 609 g/mol. The first-order chi connectivity index (χ1) is 21.1. The van der Waals surface area contributed by atoms with Gasteiger partial charge in [-0.25, -0.2) is 4.98 Å². The number of ether oxygens (including phenoxy) is 1. The summed E-state index contributed by atoms with van der Waals surface area (Å²) in [5.74, 6) is 2.02. The van der Waals surface area contributed by atoms with E-state index in [4.69, 9.17) is 9.72 Å². The van der Waals surface area contributed by atoms with E-state index in [1.165, 1.54) is 10.9 Å². The molecule has 234 valence electrons. The van der Waals surface area contributed by atoms with E-state index in [1.54, 1.807) is 20.0 Å². The molecule has 0 unspecified atom stereocenters. The molecule has 2 aromatic carbocycles. The van der Waals surface area contributed by atoms with E-state index in [0.717, 1.165) is 67.1 Å². The largest absolute Gasteiger partial charge is 0.468 e. The Bertz CT molecular complexity index is 1570. The van der Waals surface area contributed by atoms with Gasteiger partial charge in [-0.2, -0.15) is 18.0 Å². The van der Waals surface area contributed by atoms with Crippen LogP contribution < -0.4 is 9.80 Å². The zero-order valence-corrected chi connectivity index (χ0v) is 25.3. The highest BCUT2D eigenvalue weighted by molar-refractivity contribution is 5.82. The summed E-state index contributed by atoms with van der Waals surface area (Å²) in [6.07, 6.45) is -0.352. The minimum Gasteiger partial charge on any atom is -0.468 e. The second-order valence-electron chi connectivity index (χ2n) is 11.7. The number of benzene rings is 2. The fourth-order valence-corrected chi connectivity index (χ4v) is 6.11. The van der Waals surface area contributed by atoms with Crippen LogP contribution in [0.25, 0.3) is 10.9 Å². The maximum absolute atomic E-state index is 13.7. The molecule has 1 saturated carbocycles. The molecule has 2 heterocycles. The number of pyridine rings is 1. The molecule has 9 nitrogen and oxygen atoms in total. The third-order valence-corrected chi connectivity index (χ3v) is 8.29. The number of para-hydroxylation sites is 1. The van der Waals surface area contributed by atoms with Crippen molar-refractivity contribution in [1.82, 2.24) is 25.2 Å². The first kappa shape index (κ1) is 31.2. The fraction of sp³-hybridized carbons (Fsp3) is 0.469. The summed E-state index contributed by atoms with van der Waals surface area (Å²) in [6.45, 7) is 6.80. The van der Waals surface area contributed by atoms with Gasteiger partial charge in [-0.1, -0.05) is 34.9 Å². The number of halogens is 3. The molecule has 0 bridgehead atoms. The molecule has 1 fully saturated rings. The lowest BCUT2D eigenvalue weighted by molar-refractivity contribution is -0.137. The molecule has 1 aliphatic carbocycles. The van der Waals surface area contributed by atoms with Crippen molar-refractivity contribution in [3.63, 3.8) is 0 Å². The lowest BCUT2D eigenvalue weighted by atomic mass is 9.82. The Morgan fingerprint density at radius 3 is 2.45 bits per heavy atom. The number of aryl methyl sites for hydroxylation is 2. The number of nitrogens with zero attached hydrogens (tertiary/aromatic N) is 7. The number of carbonyl (C=O) groups excluding carboxylic acids is 1. The molecule has 0 amide bonds. The van der Waals surface area contributed by atoms with Crippen molar-refractivity contribution in [2.45, 2.75) is 58.8 Å². The number of carbonyl (C=O) groups is 1. The third-order valence-electron chi connectivity index (χ3n) is 8.29. The number of alkyl halides is 3. The van der Waals surface area contributed by atoms with Crippen LogP contribution in [0.1, 0.15) is 54.9 Å². The van der Waals surface area contributed by atoms with E-state index in [9.17, 15) is 18.0 Å². The topological polar surface area (TPSA) is 89.3 Å². The molecule has 1 aliphatic rings. The molecule has 2 aromatic heterocycles. The Labute approximate surface area is 255 Å². The van der Waals surface area contributed by atoms with E-state index in [0.29, 0.717) is 48.5 Å². The molecule has 0 aliphatic heterocycles. The maximum atomic E-state index is 13.7. The van der Waals surface area contributed by atoms with Gasteiger partial charge < -0.3 is 14.5 Å². The first-order valence-electron chi connectivity index (χ1n) is 15.0. The Hall–Kier alpha value is -4.22. The zero-order chi connectivity index (χ0) is 31.3. The Morgan fingerprint density at radius 1 is 1.02 bits per heavy atom. The Balaban J connectivity index is 1.47. The van der Waals surface area contributed by atoms with Crippen molar-refractivity contribution in [2.75, 3.05) is 29.5 Å². The predicted octanol–water partition coefficient (Wildman–Crippen LogP) is 6.10. The van der Waals surface area contributed by atoms with Crippen molar-refractivity contribution in [2.24, 2.45) is 18.9 Å². The predicted molar refractivity (Wildman–Crippen MR) is 162 cm³/mol. The quantitative estimate of drug-likeness (QED) is 0.178. The highest BCUT2D eigenvalue weighted by Crippen LogP contribution is 2.34. The SMILES string of the molecule is CCN(CC1CCC(COC=O)CC1)c1nc2ccccc2cc1CN(Cc1cc(C)cc(C(F)(F)F)c1)c1nnn(C)n1. The lowest BCUT2D eigenvalue weighted by Crippen LogP contribution is -2.34. The molecular formula is C32H38F3N7O2. The van der Waals surface area contributed by atoms with Gasteiger partial charge in [0, 0.05) is 37.1 Å². The van der Waals surface area contributed by atoms with Crippen molar-refractivity contribution in [3.8, 4) is 0 Å². The molecule has 0 radical (unpaired) electrons. The minimum absolute atomic E-state index is 0.154. The van der Waals surface area contributed by atoms with Gasteiger partial charge in [0.1, 0.15) is 5.82 Å². The fourth-order valence-electron chi connectivity index (χ4n) is 6.11. The molecule has 0 saturated heterocycles. The Morgan fingerprint density at radius 2 is 1.77 bits per heavy atom. The van der Waals surface area contributed by atoms with Crippen LogP contribution in [0.4, 0.5) is 24.9 Å². The van der Waals surface area contributed by atoms with Crippen LogP contribution in [-0.2, 0) is 35.8 Å². The third kappa shape index (κ3) is 7.64. The van der Waals surface area contributed by atoms with Crippen LogP contribution in [0.5, 0.6) is 0 Å². The number of aromatic nitrogens is 5. The highest BCUT2D eigenvalue weighted by Gasteiger charge is 2.31. The molecule has 0 spiro atoms. The van der Waals surface area contributed by atoms with E-state index >= 15 is 0 Å². The van der Waals surface area contributed by atoms with Gasteiger partial charge >= 0.3 is 6.18 Å². The zero-order valence-electron chi connectivity index (χ0n) is 25.3. The standard InChI is InChI=1S/C32H38F3N7O2/c1-4-41(17-23-9-11-24(12-10-23)20-44-21-43)30-27(16-26-7-5-6-8-29(26)36-30)19-42(31-37-39-40(3)38-31)18-25-13-22(2)14-28(15-25)32(33,34)35/h5-8,13-16,21,23-24H,4,9-12,17-20H2,1-3H3. The van der Waals surface area contributed by atoms with E-state index < -0.39 is 11.7 Å². The van der Waals surface area contributed by atoms with E-state index in [2.05, 4.69) is 33.3 Å². The number of rotatable bonds is 12. The summed E-state index contributed by atoms with van der Waals surface area (Å²) in [4.78, 5) is 21.2. The van der Waals surface area contributed by atoms with Crippen LogP contribution >= 0.6 is 0 Å². The minimum atomic E-state index is -4.45. The van der Waals surface area contributed by atoms with E-state index in [-0.39, 0.29) is 6.54 Å². The summed E-state index contributed by atoms with van der Waals surface area (Å²) in [5.41, 5.74) is 2.14. The molecule has 5 rings (SSSR count). The second-order valence-corrected chi connectivity index (χ2v) is 11.7. The van der Waals surface area contributed by atoms with Crippen LogP contribution in [0.15, 0.2) is 48.5 Å². The van der Waals surface area contributed by atoms with Gasteiger partial charge in [-0.05, 0) is 86.4 Å². The lowest BCUT2D eigenvalue weighted by Gasteiger charge is -2.34. The molecule has 4 aromatic rings. The second kappa shape index (κ2) is 13.6. The van der Waals surface area contributed by atoms with Crippen molar-refractivity contribution < 1.29 is 22.7 Å². The summed E-state index contributed by atoms with van der Waals surface area (Å²) in [5, 5.41) is 13.6. The molecule has 44 heavy (non-hydrogen) atoms. The van der Waals surface area contributed by atoms with Gasteiger partial charge in [0.2, 0.25) is 0 Å². The van der Waals surface area contributed by atoms with Crippen LogP contribution in [0.2, 0.25) is 0 Å². The molecule has 0 N–H and O–H groups in total. The van der Waals surface area contributed by atoms with Crippen molar-refractivity contribution in [3.05, 3.63) is 70.8 Å². The summed E-state index contributed by atoms with van der Waals surface area (Å²) < 4.78 is 46.0.